The third kappa shape index (κ3) is 5.64. The van der Waals surface area contributed by atoms with E-state index in [1.807, 2.05) is 43.0 Å². The van der Waals surface area contributed by atoms with Gasteiger partial charge in [-0.3, -0.25) is 14.5 Å². The maximum atomic E-state index is 12.4. The minimum Gasteiger partial charge on any atom is -0.353 e. The Balaban J connectivity index is 1.74. The Morgan fingerprint density at radius 3 is 2.33 bits per heavy atom. The Labute approximate surface area is 145 Å². The number of nitrogens with zero attached hydrogens (tertiary/aromatic N) is 2. The molecule has 2 rings (SSSR count). The van der Waals surface area contributed by atoms with Crippen LogP contribution in [0.4, 0.5) is 0 Å². The van der Waals surface area contributed by atoms with Crippen LogP contribution in [0.1, 0.15) is 31.4 Å². The maximum absolute atomic E-state index is 12.4. The van der Waals surface area contributed by atoms with Crippen LogP contribution in [0.5, 0.6) is 0 Å². The van der Waals surface area contributed by atoms with Crippen molar-refractivity contribution in [2.24, 2.45) is 0 Å². The molecule has 5 nitrogen and oxygen atoms in total. The second kappa shape index (κ2) is 8.83. The zero-order valence-corrected chi connectivity index (χ0v) is 15.0. The number of aryl methyl sites for hydroxylation is 1. The lowest BCUT2D eigenvalue weighted by Crippen LogP contribution is -2.52. The number of carbonyl (C=O) groups is 2. The molecule has 1 aromatic carbocycles. The van der Waals surface area contributed by atoms with E-state index in [-0.39, 0.29) is 17.9 Å². The summed E-state index contributed by atoms with van der Waals surface area (Å²) in [6.07, 6.45) is 1.39. The van der Waals surface area contributed by atoms with Gasteiger partial charge < -0.3 is 10.2 Å². The van der Waals surface area contributed by atoms with E-state index in [2.05, 4.69) is 17.1 Å². The standard InChI is InChI=1S/C19H29N3O2/c1-4-16(3)20-18(23)14-21-9-11-22(12-10-21)19(24)13-17-7-5-15(2)6-8-17/h5-8,16H,4,9-14H2,1-3H3,(H,20,23). The number of hydrogen-bond donors (Lipinski definition) is 1. The van der Waals surface area contributed by atoms with Gasteiger partial charge in [0.2, 0.25) is 11.8 Å². The van der Waals surface area contributed by atoms with Crippen LogP contribution in [0.2, 0.25) is 0 Å². The molecular weight excluding hydrogens is 302 g/mol. The fraction of sp³-hybridized carbons (Fsp3) is 0.579. The molecule has 1 aliphatic heterocycles. The van der Waals surface area contributed by atoms with E-state index in [0.29, 0.717) is 26.1 Å². The van der Waals surface area contributed by atoms with Gasteiger partial charge in [0.05, 0.1) is 13.0 Å². The molecule has 1 saturated heterocycles. The van der Waals surface area contributed by atoms with Crippen molar-refractivity contribution in [3.63, 3.8) is 0 Å². The minimum atomic E-state index is 0.0729. The largest absolute Gasteiger partial charge is 0.353 e. The Kier molecular flexibility index (Phi) is 6.79. The molecule has 1 aliphatic rings. The number of benzene rings is 1. The lowest BCUT2D eigenvalue weighted by molar-refractivity contribution is -0.132. The van der Waals surface area contributed by atoms with Crippen LogP contribution in [0, 0.1) is 6.92 Å². The molecule has 5 heteroatoms. The number of amides is 2. The van der Waals surface area contributed by atoms with Crippen LogP contribution >= 0.6 is 0 Å². The molecule has 24 heavy (non-hydrogen) atoms. The molecule has 0 aromatic heterocycles. The van der Waals surface area contributed by atoms with E-state index in [1.165, 1.54) is 5.56 Å². The van der Waals surface area contributed by atoms with Gasteiger partial charge >= 0.3 is 0 Å². The smallest absolute Gasteiger partial charge is 0.234 e. The number of carbonyl (C=O) groups excluding carboxylic acids is 2. The fourth-order valence-electron chi connectivity index (χ4n) is 2.77. The van der Waals surface area contributed by atoms with Crippen LogP contribution in [-0.2, 0) is 16.0 Å². The van der Waals surface area contributed by atoms with E-state index in [9.17, 15) is 9.59 Å². The number of hydrogen-bond acceptors (Lipinski definition) is 3. The summed E-state index contributed by atoms with van der Waals surface area (Å²) in [5.41, 5.74) is 2.26. The zero-order valence-electron chi connectivity index (χ0n) is 15.0. The van der Waals surface area contributed by atoms with Crippen LogP contribution in [0.15, 0.2) is 24.3 Å². The third-order valence-corrected chi connectivity index (χ3v) is 4.59. The van der Waals surface area contributed by atoms with Crippen molar-refractivity contribution < 1.29 is 9.59 Å². The molecule has 1 aromatic rings. The molecule has 1 N–H and O–H groups in total. The molecule has 1 heterocycles. The van der Waals surface area contributed by atoms with Gasteiger partial charge in [0.15, 0.2) is 0 Å². The summed E-state index contributed by atoms with van der Waals surface area (Å²) in [7, 11) is 0. The maximum Gasteiger partial charge on any atom is 0.234 e. The third-order valence-electron chi connectivity index (χ3n) is 4.59. The summed E-state index contributed by atoms with van der Waals surface area (Å²) >= 11 is 0. The fourth-order valence-corrected chi connectivity index (χ4v) is 2.77. The van der Waals surface area contributed by atoms with Gasteiger partial charge in [-0.05, 0) is 25.8 Å². The van der Waals surface area contributed by atoms with Crippen LogP contribution in [-0.4, -0.2) is 60.4 Å². The van der Waals surface area contributed by atoms with Crippen molar-refractivity contribution in [2.75, 3.05) is 32.7 Å². The predicted molar refractivity (Wildman–Crippen MR) is 95.8 cm³/mol. The normalized spacial score (nSPS) is 16.7. The SMILES string of the molecule is CCC(C)NC(=O)CN1CCN(C(=O)Cc2ccc(C)cc2)CC1. The van der Waals surface area contributed by atoms with Crippen LogP contribution < -0.4 is 5.32 Å². The summed E-state index contributed by atoms with van der Waals surface area (Å²) in [5, 5.41) is 2.99. The zero-order chi connectivity index (χ0) is 17.5. The molecule has 0 radical (unpaired) electrons. The first-order valence-corrected chi connectivity index (χ1v) is 8.83. The summed E-state index contributed by atoms with van der Waals surface area (Å²) < 4.78 is 0. The first kappa shape index (κ1) is 18.5. The molecular formula is C19H29N3O2. The number of piperazine rings is 1. The van der Waals surface area contributed by atoms with E-state index < -0.39 is 0 Å². The first-order chi connectivity index (χ1) is 11.5. The molecule has 0 spiro atoms. The van der Waals surface area contributed by atoms with Gasteiger partial charge in [-0.1, -0.05) is 36.8 Å². The topological polar surface area (TPSA) is 52.7 Å². The van der Waals surface area contributed by atoms with Crippen LogP contribution in [0.25, 0.3) is 0 Å². The Hall–Kier alpha value is -1.88. The molecule has 0 aliphatic carbocycles. The molecule has 1 unspecified atom stereocenters. The monoisotopic (exact) mass is 331 g/mol. The van der Waals surface area contributed by atoms with Gasteiger partial charge in [0.25, 0.3) is 0 Å². The summed E-state index contributed by atoms with van der Waals surface area (Å²) in [5.74, 6) is 0.242. The van der Waals surface area contributed by atoms with Crippen molar-refractivity contribution >= 4 is 11.8 Å². The van der Waals surface area contributed by atoms with Gasteiger partial charge in [0, 0.05) is 32.2 Å². The van der Waals surface area contributed by atoms with E-state index >= 15 is 0 Å². The highest BCUT2D eigenvalue weighted by Gasteiger charge is 2.22. The van der Waals surface area contributed by atoms with Crippen molar-refractivity contribution in [2.45, 2.75) is 39.7 Å². The second-order valence-corrected chi connectivity index (χ2v) is 6.70. The van der Waals surface area contributed by atoms with Gasteiger partial charge in [0.1, 0.15) is 0 Å². The van der Waals surface area contributed by atoms with E-state index in [4.69, 9.17) is 0 Å². The quantitative estimate of drug-likeness (QED) is 0.861. The van der Waals surface area contributed by atoms with E-state index in [0.717, 1.165) is 25.1 Å². The highest BCUT2D eigenvalue weighted by atomic mass is 16.2. The Morgan fingerprint density at radius 2 is 1.75 bits per heavy atom. The van der Waals surface area contributed by atoms with Crippen molar-refractivity contribution in [1.29, 1.82) is 0 Å². The lowest BCUT2D eigenvalue weighted by atomic mass is 10.1. The number of rotatable bonds is 6. The highest BCUT2D eigenvalue weighted by molar-refractivity contribution is 5.79. The molecule has 1 atom stereocenters. The minimum absolute atomic E-state index is 0.0729. The summed E-state index contributed by atoms with van der Waals surface area (Å²) in [4.78, 5) is 28.3. The van der Waals surface area contributed by atoms with Crippen molar-refractivity contribution in [3.8, 4) is 0 Å². The average Bonchev–Trinajstić information content (AvgIpc) is 2.57. The van der Waals surface area contributed by atoms with Crippen molar-refractivity contribution in [1.82, 2.24) is 15.1 Å². The Bertz CT molecular complexity index is 548. The van der Waals surface area contributed by atoms with Crippen LogP contribution in [0.3, 0.4) is 0 Å². The predicted octanol–water partition coefficient (Wildman–Crippen LogP) is 1.60. The summed E-state index contributed by atoms with van der Waals surface area (Å²) in [6.45, 7) is 9.44. The lowest BCUT2D eigenvalue weighted by Gasteiger charge is -2.34. The molecule has 1 fully saturated rings. The van der Waals surface area contributed by atoms with E-state index in [1.54, 1.807) is 0 Å². The Morgan fingerprint density at radius 1 is 1.12 bits per heavy atom. The van der Waals surface area contributed by atoms with Crippen molar-refractivity contribution in [3.05, 3.63) is 35.4 Å². The second-order valence-electron chi connectivity index (χ2n) is 6.70. The molecule has 2 amide bonds. The summed E-state index contributed by atoms with van der Waals surface area (Å²) in [6, 6.07) is 8.33. The molecule has 132 valence electrons. The first-order valence-electron chi connectivity index (χ1n) is 8.83. The number of nitrogens with one attached hydrogen (secondary N) is 1. The average molecular weight is 331 g/mol. The van der Waals surface area contributed by atoms with Gasteiger partial charge in [-0.15, -0.1) is 0 Å². The molecule has 0 saturated carbocycles. The molecule has 0 bridgehead atoms. The van der Waals surface area contributed by atoms with Gasteiger partial charge in [-0.2, -0.15) is 0 Å². The van der Waals surface area contributed by atoms with Gasteiger partial charge in [-0.25, -0.2) is 0 Å². The highest BCUT2D eigenvalue weighted by Crippen LogP contribution is 2.08.